The first-order valence-corrected chi connectivity index (χ1v) is 3.75. The quantitative estimate of drug-likeness (QED) is 0.506. The van der Waals surface area contributed by atoms with Gasteiger partial charge in [-0.3, -0.25) is 4.99 Å². The Morgan fingerprint density at radius 3 is 2.82 bits per heavy atom. The van der Waals surface area contributed by atoms with Gasteiger partial charge in [-0.1, -0.05) is 23.8 Å². The molecule has 0 aliphatic heterocycles. The van der Waals surface area contributed by atoms with Crippen LogP contribution in [0.2, 0.25) is 0 Å². The predicted molar refractivity (Wildman–Crippen MR) is 49.8 cm³/mol. The molecule has 58 valence electrons. The van der Waals surface area contributed by atoms with E-state index in [-0.39, 0.29) is 0 Å². The second-order valence-electron chi connectivity index (χ2n) is 2.78. The Morgan fingerprint density at radius 2 is 2.18 bits per heavy atom. The van der Waals surface area contributed by atoms with Crippen LogP contribution in [0.5, 0.6) is 0 Å². The van der Waals surface area contributed by atoms with E-state index in [0.29, 0.717) is 0 Å². The Morgan fingerprint density at radius 1 is 1.45 bits per heavy atom. The van der Waals surface area contributed by atoms with Gasteiger partial charge in [0.2, 0.25) is 0 Å². The fourth-order valence-corrected chi connectivity index (χ4v) is 1.18. The Hall–Kier alpha value is -1.11. The summed E-state index contributed by atoms with van der Waals surface area (Å²) in [7, 11) is 0. The van der Waals surface area contributed by atoms with E-state index in [2.05, 4.69) is 43.8 Å². The van der Waals surface area contributed by atoms with Crippen molar-refractivity contribution in [2.24, 2.45) is 4.99 Å². The molecule has 1 aliphatic carbocycles. The van der Waals surface area contributed by atoms with Crippen LogP contribution in [0.15, 0.2) is 40.1 Å². The lowest BCUT2D eigenvalue weighted by Crippen LogP contribution is -1.79. The van der Waals surface area contributed by atoms with Crippen molar-refractivity contribution in [3.05, 3.63) is 35.1 Å². The molecule has 0 radical (unpaired) electrons. The molecule has 0 saturated heterocycles. The molecule has 1 aliphatic rings. The minimum atomic E-state index is 0.906. The van der Waals surface area contributed by atoms with E-state index in [1.807, 2.05) is 0 Å². The molecule has 0 spiro atoms. The molecule has 0 atom stereocenters. The molecule has 0 aromatic rings. The van der Waals surface area contributed by atoms with Gasteiger partial charge in [-0.15, -0.1) is 0 Å². The lowest BCUT2D eigenvalue weighted by atomic mass is 10.2. The third kappa shape index (κ3) is 1.90. The summed E-state index contributed by atoms with van der Waals surface area (Å²) in [4.78, 5) is 3.96. The largest absolute Gasteiger partial charge is 0.268 e. The van der Waals surface area contributed by atoms with Crippen LogP contribution in [-0.4, -0.2) is 6.72 Å². The average molecular weight is 147 g/mol. The summed E-state index contributed by atoms with van der Waals surface area (Å²) < 4.78 is 0. The lowest BCUT2D eigenvalue weighted by molar-refractivity contribution is 1.14. The molecule has 0 saturated carbocycles. The summed E-state index contributed by atoms with van der Waals surface area (Å²) >= 11 is 0. The third-order valence-electron chi connectivity index (χ3n) is 1.78. The summed E-state index contributed by atoms with van der Waals surface area (Å²) in [6.45, 7) is 7.69. The van der Waals surface area contributed by atoms with E-state index >= 15 is 0 Å². The zero-order valence-electron chi connectivity index (χ0n) is 7.09. The van der Waals surface area contributed by atoms with E-state index in [1.165, 1.54) is 11.1 Å². The molecule has 0 heterocycles. The van der Waals surface area contributed by atoms with Crippen LogP contribution in [0.4, 0.5) is 0 Å². The fourth-order valence-electron chi connectivity index (χ4n) is 1.18. The van der Waals surface area contributed by atoms with Gasteiger partial charge in [0.05, 0.1) is 0 Å². The summed E-state index contributed by atoms with van der Waals surface area (Å²) in [5.74, 6) is 0. The molecular weight excluding hydrogens is 134 g/mol. The Kier molecular flexibility index (Phi) is 2.42. The molecule has 11 heavy (non-hydrogen) atoms. The third-order valence-corrected chi connectivity index (χ3v) is 1.78. The Labute approximate surface area is 67.8 Å². The van der Waals surface area contributed by atoms with E-state index in [4.69, 9.17) is 0 Å². The minimum absolute atomic E-state index is 0.906. The zero-order chi connectivity index (χ0) is 8.27. The van der Waals surface area contributed by atoms with Crippen LogP contribution >= 0.6 is 0 Å². The summed E-state index contributed by atoms with van der Waals surface area (Å²) in [6, 6.07) is 0. The SMILES string of the molecule is C=NC1=C(C)C=C(C)C=CC1. The van der Waals surface area contributed by atoms with E-state index < -0.39 is 0 Å². The highest BCUT2D eigenvalue weighted by Gasteiger charge is 1.99. The maximum atomic E-state index is 3.96. The number of hydrogen-bond acceptors (Lipinski definition) is 1. The van der Waals surface area contributed by atoms with Crippen LogP contribution < -0.4 is 0 Å². The first-order chi connectivity index (χ1) is 5.24. The second-order valence-corrected chi connectivity index (χ2v) is 2.78. The van der Waals surface area contributed by atoms with Gasteiger partial charge in [0.25, 0.3) is 0 Å². The monoisotopic (exact) mass is 147 g/mol. The fraction of sp³-hybridized carbons (Fsp3) is 0.300. The van der Waals surface area contributed by atoms with Crippen molar-refractivity contribution in [2.45, 2.75) is 20.3 Å². The predicted octanol–water partition coefficient (Wildman–Crippen LogP) is 2.87. The van der Waals surface area contributed by atoms with E-state index in [1.54, 1.807) is 0 Å². The molecule has 0 amide bonds. The van der Waals surface area contributed by atoms with Crippen LogP contribution in [0, 0.1) is 0 Å². The molecule has 1 nitrogen and oxygen atoms in total. The van der Waals surface area contributed by atoms with Crippen molar-refractivity contribution in [3.63, 3.8) is 0 Å². The normalized spacial score (nSPS) is 17.8. The molecular formula is C10H13N. The molecule has 1 heteroatoms. The molecule has 0 aromatic carbocycles. The van der Waals surface area contributed by atoms with E-state index in [0.717, 1.165) is 12.1 Å². The highest BCUT2D eigenvalue weighted by atomic mass is 14.7. The first kappa shape index (κ1) is 7.99. The Bertz CT molecular complexity index is 254. The molecule has 0 N–H and O–H groups in total. The maximum Gasteiger partial charge on any atom is 0.0463 e. The van der Waals surface area contributed by atoms with Gasteiger partial charge in [-0.2, -0.15) is 0 Å². The number of rotatable bonds is 1. The molecule has 1 rings (SSSR count). The van der Waals surface area contributed by atoms with Crippen molar-refractivity contribution < 1.29 is 0 Å². The van der Waals surface area contributed by atoms with Gasteiger partial charge >= 0.3 is 0 Å². The summed E-state index contributed by atoms with van der Waals surface area (Å²) in [6.07, 6.45) is 7.27. The first-order valence-electron chi connectivity index (χ1n) is 3.75. The number of allylic oxidation sites excluding steroid dienone is 5. The van der Waals surface area contributed by atoms with Crippen LogP contribution in [0.1, 0.15) is 20.3 Å². The number of hydrogen-bond donors (Lipinski definition) is 0. The van der Waals surface area contributed by atoms with Gasteiger partial charge in [-0.05, 0) is 26.1 Å². The van der Waals surface area contributed by atoms with Crippen LogP contribution in [-0.2, 0) is 0 Å². The molecule has 0 bridgehead atoms. The van der Waals surface area contributed by atoms with Crippen LogP contribution in [0.25, 0.3) is 0 Å². The van der Waals surface area contributed by atoms with Crippen molar-refractivity contribution >= 4 is 6.72 Å². The van der Waals surface area contributed by atoms with Crippen molar-refractivity contribution in [1.82, 2.24) is 0 Å². The maximum absolute atomic E-state index is 3.96. The topological polar surface area (TPSA) is 12.4 Å². The zero-order valence-corrected chi connectivity index (χ0v) is 7.09. The molecule has 0 aromatic heterocycles. The standard InChI is InChI=1S/C10H13N/c1-8-5-4-6-10(11-3)9(2)7-8/h4-5,7H,3,6H2,1-2H3. The minimum Gasteiger partial charge on any atom is -0.268 e. The average Bonchev–Trinajstić information content (AvgIpc) is 2.11. The Balaban J connectivity index is 3.02. The van der Waals surface area contributed by atoms with Gasteiger partial charge in [0, 0.05) is 12.1 Å². The highest BCUT2D eigenvalue weighted by Crippen LogP contribution is 2.17. The van der Waals surface area contributed by atoms with Crippen LogP contribution in [0.3, 0.4) is 0 Å². The summed E-state index contributed by atoms with van der Waals surface area (Å²) in [5, 5.41) is 0. The van der Waals surface area contributed by atoms with Crippen molar-refractivity contribution in [3.8, 4) is 0 Å². The summed E-state index contributed by atoms with van der Waals surface area (Å²) in [5.41, 5.74) is 3.58. The highest BCUT2D eigenvalue weighted by molar-refractivity contribution is 5.39. The number of nitrogens with zero attached hydrogens (tertiary/aromatic N) is 1. The van der Waals surface area contributed by atoms with Crippen molar-refractivity contribution in [2.75, 3.05) is 0 Å². The second kappa shape index (κ2) is 3.33. The van der Waals surface area contributed by atoms with E-state index in [9.17, 15) is 0 Å². The number of aliphatic imine (C=N–C) groups is 1. The lowest BCUT2D eigenvalue weighted by Gasteiger charge is -1.97. The molecule has 0 fully saturated rings. The van der Waals surface area contributed by atoms with Gasteiger partial charge in [0.15, 0.2) is 0 Å². The van der Waals surface area contributed by atoms with Gasteiger partial charge < -0.3 is 0 Å². The van der Waals surface area contributed by atoms with Crippen molar-refractivity contribution in [1.29, 1.82) is 0 Å². The molecule has 0 unspecified atom stereocenters. The smallest absolute Gasteiger partial charge is 0.0463 e. The van der Waals surface area contributed by atoms with Gasteiger partial charge in [-0.25, -0.2) is 0 Å². The van der Waals surface area contributed by atoms with Gasteiger partial charge in [0.1, 0.15) is 0 Å².